The number of hydrogen-bond acceptors (Lipinski definition) is 0. The molecule has 0 nitrogen and oxygen atoms in total. The van der Waals surface area contributed by atoms with Gasteiger partial charge in [-0.3, -0.25) is 0 Å². The molecule has 4 aromatic rings. The topological polar surface area (TPSA) is 0 Å². The molecule has 0 saturated heterocycles. The minimum absolute atomic E-state index is 0.0952. The zero-order valence-electron chi connectivity index (χ0n) is 25.3. The lowest BCUT2D eigenvalue weighted by atomic mass is 9.72. The number of fused-ring (bicyclic) bond motifs is 4. The summed E-state index contributed by atoms with van der Waals surface area (Å²) in [7, 11) is 0. The van der Waals surface area contributed by atoms with Gasteiger partial charge in [0.05, 0.1) is 0 Å². The first-order valence-corrected chi connectivity index (χ1v) is 15.1. The Morgan fingerprint density at radius 1 is 0.625 bits per heavy atom. The first kappa shape index (κ1) is 26.8. The maximum absolute atomic E-state index is 4.35. The highest BCUT2D eigenvalue weighted by atomic mass is 14.6. The minimum Gasteiger partial charge on any atom is -0.0906 e. The van der Waals surface area contributed by atoms with Crippen molar-refractivity contribution >= 4 is 5.57 Å². The second-order valence-corrected chi connectivity index (χ2v) is 14.3. The van der Waals surface area contributed by atoms with Gasteiger partial charge < -0.3 is 0 Å². The second-order valence-electron chi connectivity index (χ2n) is 14.3. The smallest absolute Gasteiger partial charge is 0.0225 e. The van der Waals surface area contributed by atoms with Gasteiger partial charge in [-0.15, -0.1) is 0 Å². The molecule has 0 radical (unpaired) electrons. The lowest BCUT2D eigenvalue weighted by Gasteiger charge is -2.31. The first-order chi connectivity index (χ1) is 19.0. The normalized spacial score (nSPS) is 20.1. The van der Waals surface area contributed by atoms with Crippen LogP contribution in [-0.4, -0.2) is 0 Å². The first-order valence-electron chi connectivity index (χ1n) is 15.1. The van der Waals surface area contributed by atoms with Gasteiger partial charge in [0.15, 0.2) is 0 Å². The van der Waals surface area contributed by atoms with Crippen LogP contribution in [-0.2, 0) is 29.1 Å². The summed E-state index contributed by atoms with van der Waals surface area (Å²) < 4.78 is 0. The third-order valence-corrected chi connectivity index (χ3v) is 9.62. The van der Waals surface area contributed by atoms with Crippen molar-refractivity contribution in [2.24, 2.45) is 5.92 Å². The van der Waals surface area contributed by atoms with Crippen molar-refractivity contribution in [1.82, 2.24) is 0 Å². The van der Waals surface area contributed by atoms with Gasteiger partial charge in [-0.1, -0.05) is 139 Å². The van der Waals surface area contributed by atoms with Crippen LogP contribution in [0.1, 0.15) is 104 Å². The summed E-state index contributed by atoms with van der Waals surface area (Å²) in [6.07, 6.45) is 4.48. The highest BCUT2D eigenvalue weighted by Crippen LogP contribution is 2.63. The van der Waals surface area contributed by atoms with Crippen LogP contribution in [0.5, 0.6) is 0 Å². The molecule has 2 aliphatic carbocycles. The summed E-state index contributed by atoms with van der Waals surface area (Å²) in [5.41, 5.74) is 14.4. The van der Waals surface area contributed by atoms with Gasteiger partial charge in [0.25, 0.3) is 0 Å². The highest BCUT2D eigenvalue weighted by molar-refractivity contribution is 5.78. The van der Waals surface area contributed by atoms with E-state index in [1.165, 1.54) is 40.7 Å². The van der Waals surface area contributed by atoms with Crippen LogP contribution in [0, 0.1) is 5.92 Å². The molecular formula is C40H44. The number of rotatable bonds is 6. The Balaban J connectivity index is 1.36. The quantitative estimate of drug-likeness (QED) is 0.235. The molecule has 4 aromatic carbocycles. The minimum atomic E-state index is 0.0952. The van der Waals surface area contributed by atoms with Crippen molar-refractivity contribution in [3.8, 4) is 0 Å². The van der Waals surface area contributed by atoms with E-state index in [9.17, 15) is 0 Å². The van der Waals surface area contributed by atoms with Crippen LogP contribution >= 0.6 is 0 Å². The molecule has 0 fully saturated rings. The molecule has 0 saturated carbocycles. The predicted octanol–water partition coefficient (Wildman–Crippen LogP) is 10.2. The molecule has 1 atom stereocenters. The fourth-order valence-electron chi connectivity index (χ4n) is 8.02. The number of benzene rings is 4. The van der Waals surface area contributed by atoms with Crippen LogP contribution in [0.4, 0.5) is 0 Å². The Morgan fingerprint density at radius 3 is 1.70 bits per heavy atom. The van der Waals surface area contributed by atoms with E-state index in [0.717, 1.165) is 18.4 Å². The average Bonchev–Trinajstić information content (AvgIpc) is 3.28. The zero-order chi connectivity index (χ0) is 28.3. The summed E-state index contributed by atoms with van der Waals surface area (Å²) >= 11 is 0. The Labute approximate surface area is 242 Å². The van der Waals surface area contributed by atoms with Gasteiger partial charge in [-0.2, -0.15) is 0 Å². The van der Waals surface area contributed by atoms with Crippen molar-refractivity contribution in [3.05, 3.63) is 148 Å². The Bertz CT molecular complexity index is 1560. The largest absolute Gasteiger partial charge is 0.0906 e. The third kappa shape index (κ3) is 4.56. The van der Waals surface area contributed by atoms with Crippen LogP contribution < -0.4 is 0 Å². The maximum atomic E-state index is 4.35. The molecular weight excluding hydrogens is 480 g/mol. The van der Waals surface area contributed by atoms with Gasteiger partial charge in [-0.05, 0) is 98.1 Å². The molecule has 0 heteroatoms. The second kappa shape index (κ2) is 9.62. The molecule has 0 aromatic heterocycles. The molecule has 1 spiro atoms. The average molecular weight is 525 g/mol. The molecule has 6 rings (SSSR count). The van der Waals surface area contributed by atoms with E-state index in [0.29, 0.717) is 5.92 Å². The molecule has 0 heterocycles. The molecule has 2 aliphatic rings. The van der Waals surface area contributed by atoms with E-state index >= 15 is 0 Å². The predicted molar refractivity (Wildman–Crippen MR) is 171 cm³/mol. The van der Waals surface area contributed by atoms with Gasteiger partial charge in [0.2, 0.25) is 0 Å². The SMILES string of the molecule is C=C(c1ccccc1)c1ccc(Cc2ccc3c(c2)C2(CC3(C)C)CC(C)(C)c3ccc(CC(C)C)cc32)cc1. The Morgan fingerprint density at radius 2 is 1.12 bits per heavy atom. The third-order valence-electron chi connectivity index (χ3n) is 9.62. The highest BCUT2D eigenvalue weighted by Gasteiger charge is 2.56. The monoisotopic (exact) mass is 524 g/mol. The fraction of sp³-hybridized carbons (Fsp3) is 0.350. The van der Waals surface area contributed by atoms with E-state index in [1.54, 1.807) is 22.3 Å². The molecule has 0 bridgehead atoms. The standard InChI is InChI=1S/C40H44/c1-27(2)21-30-15-19-34-36(23-30)40(25-38(34,4)5)26-39(6,7)35-20-16-31(24-37(35)40)22-29-13-17-33(18-14-29)28(3)32-11-9-8-10-12-32/h8-20,23-24,27H,3,21-22,25-26H2,1-2,4-7H3. The fourth-order valence-corrected chi connectivity index (χ4v) is 8.02. The van der Waals surface area contributed by atoms with Gasteiger partial charge >= 0.3 is 0 Å². The lowest BCUT2D eigenvalue weighted by Crippen LogP contribution is -2.27. The molecule has 0 amide bonds. The molecule has 1 unspecified atom stereocenters. The van der Waals surface area contributed by atoms with Crippen LogP contribution in [0.25, 0.3) is 5.57 Å². The van der Waals surface area contributed by atoms with Crippen LogP contribution in [0.3, 0.4) is 0 Å². The van der Waals surface area contributed by atoms with Crippen molar-refractivity contribution in [1.29, 1.82) is 0 Å². The van der Waals surface area contributed by atoms with E-state index < -0.39 is 0 Å². The Kier molecular flexibility index (Phi) is 6.45. The van der Waals surface area contributed by atoms with Gasteiger partial charge in [0, 0.05) is 5.41 Å². The summed E-state index contributed by atoms with van der Waals surface area (Å²) in [5.74, 6) is 0.665. The van der Waals surface area contributed by atoms with Crippen molar-refractivity contribution in [2.45, 2.75) is 83.5 Å². The van der Waals surface area contributed by atoms with E-state index in [2.05, 4.69) is 139 Å². The summed E-state index contributed by atoms with van der Waals surface area (Å²) in [6.45, 7) is 18.9. The van der Waals surface area contributed by atoms with E-state index in [4.69, 9.17) is 0 Å². The van der Waals surface area contributed by atoms with Crippen LogP contribution in [0.2, 0.25) is 0 Å². The molecule has 40 heavy (non-hydrogen) atoms. The van der Waals surface area contributed by atoms with Gasteiger partial charge in [0.1, 0.15) is 0 Å². The zero-order valence-corrected chi connectivity index (χ0v) is 25.3. The van der Waals surface area contributed by atoms with Crippen LogP contribution in [0.15, 0.2) is 97.6 Å². The summed E-state index contributed by atoms with van der Waals surface area (Å²) in [6, 6.07) is 34.3. The molecule has 204 valence electrons. The van der Waals surface area contributed by atoms with E-state index in [1.807, 2.05) is 0 Å². The van der Waals surface area contributed by atoms with E-state index in [-0.39, 0.29) is 16.2 Å². The van der Waals surface area contributed by atoms with Crippen molar-refractivity contribution < 1.29 is 0 Å². The van der Waals surface area contributed by atoms with Crippen molar-refractivity contribution in [2.75, 3.05) is 0 Å². The number of hydrogen-bond donors (Lipinski definition) is 0. The van der Waals surface area contributed by atoms with Gasteiger partial charge in [-0.25, -0.2) is 0 Å². The maximum Gasteiger partial charge on any atom is 0.0225 e. The molecule has 0 N–H and O–H groups in total. The summed E-state index contributed by atoms with van der Waals surface area (Å²) in [5, 5.41) is 0. The Hall–Kier alpha value is -3.38. The summed E-state index contributed by atoms with van der Waals surface area (Å²) in [4.78, 5) is 0. The molecule has 0 aliphatic heterocycles. The lowest BCUT2D eigenvalue weighted by molar-refractivity contribution is 0.349. The van der Waals surface area contributed by atoms with Crippen molar-refractivity contribution in [3.63, 3.8) is 0 Å².